The molecule has 1 heterocycles. The van der Waals surface area contributed by atoms with E-state index in [-0.39, 0.29) is 17.9 Å². The number of benzene rings is 1. The van der Waals surface area contributed by atoms with Crippen LogP contribution in [0.3, 0.4) is 0 Å². The van der Waals surface area contributed by atoms with Gasteiger partial charge in [-0.2, -0.15) is 0 Å². The molecule has 1 saturated carbocycles. The summed E-state index contributed by atoms with van der Waals surface area (Å²) in [6, 6.07) is 4.07. The summed E-state index contributed by atoms with van der Waals surface area (Å²) in [7, 11) is 0. The minimum atomic E-state index is 0.136. The average molecular weight is 248 g/mol. The van der Waals surface area contributed by atoms with Crippen LogP contribution in [0.4, 0.5) is 0 Å². The number of fused-ring (bicyclic) bond motifs is 1. The van der Waals surface area contributed by atoms with E-state index in [1.165, 1.54) is 12.8 Å². The molecule has 3 nitrogen and oxygen atoms in total. The number of aryl methyl sites for hydroxylation is 1. The lowest BCUT2D eigenvalue weighted by Crippen LogP contribution is -2.17. The van der Waals surface area contributed by atoms with Gasteiger partial charge in [0.1, 0.15) is 0 Å². The van der Waals surface area contributed by atoms with Gasteiger partial charge in [0, 0.05) is 17.9 Å². The predicted octanol–water partition coefficient (Wildman–Crippen LogP) is 2.64. The maximum absolute atomic E-state index is 9.29. The Morgan fingerprint density at radius 2 is 1.83 bits per heavy atom. The normalized spacial score (nSPS) is 21.5. The van der Waals surface area contributed by atoms with Gasteiger partial charge < -0.3 is 14.6 Å². The highest BCUT2D eigenvalue weighted by molar-refractivity contribution is 5.48. The average Bonchev–Trinajstić information content (AvgIpc) is 3.16. The molecule has 1 aliphatic heterocycles. The summed E-state index contributed by atoms with van der Waals surface area (Å²) in [6.07, 6.45) is 2.42. The van der Waals surface area contributed by atoms with Gasteiger partial charge in [-0.05, 0) is 43.0 Å². The number of aliphatic hydroxyl groups excluding tert-OH is 1. The van der Waals surface area contributed by atoms with Gasteiger partial charge in [0.15, 0.2) is 11.5 Å². The van der Waals surface area contributed by atoms with Crippen molar-refractivity contribution >= 4 is 0 Å². The van der Waals surface area contributed by atoms with Crippen LogP contribution in [-0.2, 0) is 0 Å². The molecule has 1 N–H and O–H groups in total. The van der Waals surface area contributed by atoms with Crippen LogP contribution in [0.25, 0.3) is 0 Å². The Kier molecular flexibility index (Phi) is 2.74. The summed E-state index contributed by atoms with van der Waals surface area (Å²) in [5, 5.41) is 9.29. The maximum atomic E-state index is 9.29. The Bertz CT molecular complexity index is 463. The number of hydrogen-bond acceptors (Lipinski definition) is 3. The molecule has 1 unspecified atom stereocenters. The Labute approximate surface area is 108 Å². The Hall–Kier alpha value is -1.22. The van der Waals surface area contributed by atoms with E-state index in [1.54, 1.807) is 0 Å². The Balaban J connectivity index is 1.93. The first-order chi connectivity index (χ1) is 8.63. The molecule has 0 radical (unpaired) electrons. The third-order valence-electron chi connectivity index (χ3n) is 4.16. The smallest absolute Gasteiger partial charge is 0.161 e. The van der Waals surface area contributed by atoms with Crippen LogP contribution in [0.15, 0.2) is 12.1 Å². The molecule has 1 aromatic carbocycles. The van der Waals surface area contributed by atoms with Gasteiger partial charge in [-0.15, -0.1) is 0 Å². The number of hydrogen-bond donors (Lipinski definition) is 1. The largest absolute Gasteiger partial charge is 0.489 e. The Morgan fingerprint density at radius 3 is 2.39 bits per heavy atom. The molecule has 18 heavy (non-hydrogen) atoms. The van der Waals surface area contributed by atoms with E-state index in [1.807, 2.05) is 19.1 Å². The number of ether oxygens (including phenoxy) is 2. The van der Waals surface area contributed by atoms with E-state index in [9.17, 15) is 5.11 Å². The van der Waals surface area contributed by atoms with Gasteiger partial charge in [-0.3, -0.25) is 0 Å². The molecule has 1 aromatic rings. The molecule has 3 heteroatoms. The molecule has 0 amide bonds. The standard InChI is InChI=1S/C15H20O3/c1-10-5-13-14(6-12(10)11(2)7-16)18-9-15(3-4-15)8-17-13/h5-6,11,16H,3-4,7-9H2,1-2H3. The fourth-order valence-corrected chi connectivity index (χ4v) is 2.50. The first-order valence-electron chi connectivity index (χ1n) is 6.65. The van der Waals surface area contributed by atoms with Gasteiger partial charge in [-0.25, -0.2) is 0 Å². The van der Waals surface area contributed by atoms with E-state index in [0.717, 1.165) is 35.8 Å². The minimum Gasteiger partial charge on any atom is -0.489 e. The molecule has 1 aliphatic carbocycles. The van der Waals surface area contributed by atoms with Crippen molar-refractivity contribution in [3.05, 3.63) is 23.3 Å². The summed E-state index contributed by atoms with van der Waals surface area (Å²) in [5.74, 6) is 1.82. The molecule has 0 bridgehead atoms. The second-order valence-electron chi connectivity index (χ2n) is 5.82. The van der Waals surface area contributed by atoms with E-state index in [0.29, 0.717) is 0 Å². The topological polar surface area (TPSA) is 38.7 Å². The van der Waals surface area contributed by atoms with E-state index in [2.05, 4.69) is 6.92 Å². The molecule has 3 rings (SSSR count). The molecule has 2 aliphatic rings. The lowest BCUT2D eigenvalue weighted by molar-refractivity contribution is 0.197. The highest BCUT2D eigenvalue weighted by Gasteiger charge is 2.46. The van der Waals surface area contributed by atoms with Gasteiger partial charge in [-0.1, -0.05) is 6.92 Å². The fourth-order valence-electron chi connectivity index (χ4n) is 2.50. The lowest BCUT2D eigenvalue weighted by Gasteiger charge is -2.15. The zero-order valence-corrected chi connectivity index (χ0v) is 11.0. The minimum absolute atomic E-state index is 0.136. The van der Waals surface area contributed by atoms with E-state index < -0.39 is 0 Å². The van der Waals surface area contributed by atoms with Crippen molar-refractivity contribution in [3.8, 4) is 11.5 Å². The summed E-state index contributed by atoms with van der Waals surface area (Å²) in [4.78, 5) is 0. The quantitative estimate of drug-likeness (QED) is 0.874. The van der Waals surface area contributed by atoms with Gasteiger partial charge >= 0.3 is 0 Å². The molecular formula is C15H20O3. The number of aliphatic hydroxyl groups is 1. The third kappa shape index (κ3) is 1.97. The monoisotopic (exact) mass is 248 g/mol. The predicted molar refractivity (Wildman–Crippen MR) is 69.3 cm³/mol. The zero-order chi connectivity index (χ0) is 12.8. The van der Waals surface area contributed by atoms with Crippen LogP contribution in [0, 0.1) is 12.3 Å². The summed E-state index contributed by atoms with van der Waals surface area (Å²) >= 11 is 0. The Morgan fingerprint density at radius 1 is 1.22 bits per heavy atom. The van der Waals surface area contributed by atoms with Crippen LogP contribution in [0.2, 0.25) is 0 Å². The van der Waals surface area contributed by atoms with Gasteiger partial charge in [0.25, 0.3) is 0 Å². The van der Waals surface area contributed by atoms with Crippen LogP contribution >= 0.6 is 0 Å². The highest BCUT2D eigenvalue weighted by atomic mass is 16.5. The van der Waals surface area contributed by atoms with E-state index in [4.69, 9.17) is 9.47 Å². The molecule has 1 fully saturated rings. The first-order valence-corrected chi connectivity index (χ1v) is 6.65. The molecule has 1 atom stereocenters. The number of rotatable bonds is 2. The molecule has 0 saturated heterocycles. The van der Waals surface area contributed by atoms with Crippen molar-refractivity contribution in [2.45, 2.75) is 32.6 Å². The first kappa shape index (κ1) is 11.8. The van der Waals surface area contributed by atoms with Gasteiger partial charge in [0.2, 0.25) is 0 Å². The van der Waals surface area contributed by atoms with Gasteiger partial charge in [0.05, 0.1) is 13.2 Å². The zero-order valence-electron chi connectivity index (χ0n) is 11.0. The highest BCUT2D eigenvalue weighted by Crippen LogP contribution is 2.49. The van der Waals surface area contributed by atoms with Crippen LogP contribution in [-0.4, -0.2) is 24.9 Å². The third-order valence-corrected chi connectivity index (χ3v) is 4.16. The summed E-state index contributed by atoms with van der Waals surface area (Å²) < 4.78 is 11.8. The second-order valence-corrected chi connectivity index (χ2v) is 5.82. The molecule has 98 valence electrons. The van der Waals surface area contributed by atoms with Crippen molar-refractivity contribution in [2.24, 2.45) is 5.41 Å². The lowest BCUT2D eigenvalue weighted by atomic mass is 9.96. The molecular weight excluding hydrogens is 228 g/mol. The molecule has 1 spiro atoms. The van der Waals surface area contributed by atoms with Crippen LogP contribution < -0.4 is 9.47 Å². The van der Waals surface area contributed by atoms with Crippen molar-refractivity contribution in [3.63, 3.8) is 0 Å². The van der Waals surface area contributed by atoms with Crippen LogP contribution in [0.1, 0.15) is 36.8 Å². The van der Waals surface area contributed by atoms with Crippen molar-refractivity contribution in [1.29, 1.82) is 0 Å². The van der Waals surface area contributed by atoms with Crippen molar-refractivity contribution in [2.75, 3.05) is 19.8 Å². The van der Waals surface area contributed by atoms with E-state index >= 15 is 0 Å². The summed E-state index contributed by atoms with van der Waals surface area (Å²) in [5.41, 5.74) is 2.58. The molecule has 0 aromatic heterocycles. The van der Waals surface area contributed by atoms with Crippen molar-refractivity contribution in [1.82, 2.24) is 0 Å². The SMILES string of the molecule is Cc1cc2c(cc1C(C)CO)OCC1(CC1)CO2. The van der Waals surface area contributed by atoms with Crippen molar-refractivity contribution < 1.29 is 14.6 Å². The van der Waals surface area contributed by atoms with Crippen LogP contribution in [0.5, 0.6) is 11.5 Å². The second kappa shape index (κ2) is 4.16. The fraction of sp³-hybridized carbons (Fsp3) is 0.600. The maximum Gasteiger partial charge on any atom is 0.161 e. The summed E-state index contributed by atoms with van der Waals surface area (Å²) in [6.45, 7) is 5.77.